The van der Waals surface area contributed by atoms with E-state index in [1.54, 1.807) is 57.7 Å². The van der Waals surface area contributed by atoms with Gasteiger partial charge in [-0.2, -0.15) is 0 Å². The lowest BCUT2D eigenvalue weighted by Crippen LogP contribution is -2.16. The summed E-state index contributed by atoms with van der Waals surface area (Å²) < 4.78 is 21.1. The molecule has 0 aromatic heterocycles. The number of benzene rings is 2. The minimum atomic E-state index is -0.951. The topological polar surface area (TPSA) is 74.2 Å². The van der Waals surface area contributed by atoms with Crippen molar-refractivity contribution in [3.05, 3.63) is 47.5 Å². The van der Waals surface area contributed by atoms with E-state index in [9.17, 15) is 9.90 Å². The van der Waals surface area contributed by atoms with E-state index in [0.717, 1.165) is 5.56 Å². The Labute approximate surface area is 146 Å². The monoisotopic (exact) mass is 346 g/mol. The summed E-state index contributed by atoms with van der Waals surface area (Å²) in [5.41, 5.74) is 1.31. The second-order valence-corrected chi connectivity index (χ2v) is 5.38. The van der Waals surface area contributed by atoms with Crippen LogP contribution in [0.4, 0.5) is 0 Å². The fraction of sp³-hybridized carbons (Fsp3) is 0.316. The van der Waals surface area contributed by atoms with Crippen LogP contribution in [-0.2, 0) is 11.2 Å². The third-order valence-corrected chi connectivity index (χ3v) is 4.03. The van der Waals surface area contributed by atoms with Gasteiger partial charge in [-0.05, 0) is 36.2 Å². The van der Waals surface area contributed by atoms with Crippen LogP contribution in [0, 0.1) is 0 Å². The first kappa shape index (κ1) is 18.4. The molecule has 0 saturated carbocycles. The predicted molar refractivity (Wildman–Crippen MR) is 93.2 cm³/mol. The molecule has 6 nitrogen and oxygen atoms in total. The van der Waals surface area contributed by atoms with Gasteiger partial charge in [0.1, 0.15) is 23.0 Å². The Kier molecular flexibility index (Phi) is 6.11. The molecular weight excluding hydrogens is 324 g/mol. The Balaban J connectivity index is 2.45. The molecule has 0 amide bonds. The van der Waals surface area contributed by atoms with Crippen molar-refractivity contribution in [2.45, 2.75) is 12.3 Å². The van der Waals surface area contributed by atoms with Gasteiger partial charge >= 0.3 is 5.97 Å². The first-order valence-corrected chi connectivity index (χ1v) is 7.69. The zero-order chi connectivity index (χ0) is 18.4. The van der Waals surface area contributed by atoms with Crippen LogP contribution < -0.4 is 18.9 Å². The number of rotatable bonds is 8. The van der Waals surface area contributed by atoms with Gasteiger partial charge in [-0.3, -0.25) is 4.79 Å². The molecule has 0 radical (unpaired) electrons. The van der Waals surface area contributed by atoms with Gasteiger partial charge in [0.15, 0.2) is 0 Å². The SMILES string of the molecule is COc1ccc(OC)c(CC(C(=O)O)c2ccc(OC)cc2OC)c1. The van der Waals surface area contributed by atoms with E-state index >= 15 is 0 Å². The highest BCUT2D eigenvalue weighted by Gasteiger charge is 2.26. The largest absolute Gasteiger partial charge is 0.497 e. The number of methoxy groups -OCH3 is 4. The second kappa shape index (κ2) is 8.28. The van der Waals surface area contributed by atoms with Crippen LogP contribution in [0.3, 0.4) is 0 Å². The summed E-state index contributed by atoms with van der Waals surface area (Å²) >= 11 is 0. The van der Waals surface area contributed by atoms with Crippen molar-refractivity contribution in [3.63, 3.8) is 0 Å². The minimum absolute atomic E-state index is 0.235. The third kappa shape index (κ3) is 4.15. The molecule has 1 unspecified atom stereocenters. The number of ether oxygens (including phenoxy) is 4. The number of hydrogen-bond acceptors (Lipinski definition) is 5. The van der Waals surface area contributed by atoms with E-state index in [-0.39, 0.29) is 6.42 Å². The summed E-state index contributed by atoms with van der Waals surface area (Å²) in [6, 6.07) is 10.4. The lowest BCUT2D eigenvalue weighted by atomic mass is 9.90. The lowest BCUT2D eigenvalue weighted by Gasteiger charge is -2.19. The molecule has 0 aliphatic carbocycles. The molecule has 134 valence electrons. The van der Waals surface area contributed by atoms with Gasteiger partial charge in [0.05, 0.1) is 34.4 Å². The first-order chi connectivity index (χ1) is 12.0. The molecule has 0 aliphatic rings. The van der Waals surface area contributed by atoms with Crippen molar-refractivity contribution >= 4 is 5.97 Å². The summed E-state index contributed by atoms with van der Waals surface area (Å²) in [7, 11) is 6.16. The van der Waals surface area contributed by atoms with Crippen molar-refractivity contribution in [1.29, 1.82) is 0 Å². The fourth-order valence-corrected chi connectivity index (χ4v) is 2.70. The number of carboxylic acids is 1. The molecule has 0 saturated heterocycles. The van der Waals surface area contributed by atoms with Crippen LogP contribution in [0.2, 0.25) is 0 Å². The minimum Gasteiger partial charge on any atom is -0.497 e. The highest BCUT2D eigenvalue weighted by atomic mass is 16.5. The highest BCUT2D eigenvalue weighted by molar-refractivity contribution is 5.78. The van der Waals surface area contributed by atoms with Crippen LogP contribution in [0.5, 0.6) is 23.0 Å². The molecule has 2 rings (SSSR count). The Morgan fingerprint density at radius 3 is 2.04 bits per heavy atom. The predicted octanol–water partition coefficient (Wildman–Crippen LogP) is 3.13. The first-order valence-electron chi connectivity index (χ1n) is 7.69. The van der Waals surface area contributed by atoms with Gasteiger partial charge in [-0.25, -0.2) is 0 Å². The molecule has 0 heterocycles. The molecule has 1 atom stereocenters. The van der Waals surface area contributed by atoms with Crippen LogP contribution in [0.1, 0.15) is 17.0 Å². The molecule has 0 spiro atoms. The van der Waals surface area contributed by atoms with Crippen molar-refractivity contribution in [2.75, 3.05) is 28.4 Å². The Bertz CT molecular complexity index is 741. The summed E-state index contributed by atoms with van der Waals surface area (Å²) in [6.45, 7) is 0. The Morgan fingerprint density at radius 2 is 1.48 bits per heavy atom. The van der Waals surface area contributed by atoms with E-state index in [2.05, 4.69) is 0 Å². The van der Waals surface area contributed by atoms with Crippen molar-refractivity contribution in [3.8, 4) is 23.0 Å². The second-order valence-electron chi connectivity index (χ2n) is 5.38. The summed E-state index contributed by atoms with van der Waals surface area (Å²) in [4.78, 5) is 11.9. The van der Waals surface area contributed by atoms with Crippen LogP contribution >= 0.6 is 0 Å². The van der Waals surface area contributed by atoms with Crippen LogP contribution in [0.25, 0.3) is 0 Å². The molecule has 2 aromatic rings. The summed E-state index contributed by atoms with van der Waals surface area (Å²) in [6.07, 6.45) is 0.235. The average Bonchev–Trinajstić information content (AvgIpc) is 2.65. The van der Waals surface area contributed by atoms with Gasteiger partial charge in [0.25, 0.3) is 0 Å². The van der Waals surface area contributed by atoms with Gasteiger partial charge < -0.3 is 24.1 Å². The standard InChI is InChI=1S/C19H22O6/c1-22-13-6-8-17(24-3)12(9-13)10-16(19(20)21)15-7-5-14(23-2)11-18(15)25-4/h5-9,11,16H,10H2,1-4H3,(H,20,21). The van der Waals surface area contributed by atoms with Gasteiger partial charge in [0, 0.05) is 11.6 Å². The number of hydrogen-bond donors (Lipinski definition) is 1. The highest BCUT2D eigenvalue weighted by Crippen LogP contribution is 2.35. The van der Waals surface area contributed by atoms with E-state index in [1.807, 2.05) is 0 Å². The Morgan fingerprint density at radius 1 is 0.880 bits per heavy atom. The third-order valence-electron chi connectivity index (χ3n) is 4.03. The molecule has 1 N–H and O–H groups in total. The van der Waals surface area contributed by atoms with Gasteiger partial charge in [-0.1, -0.05) is 6.07 Å². The maximum absolute atomic E-state index is 11.9. The van der Waals surface area contributed by atoms with Crippen molar-refractivity contribution < 1.29 is 28.8 Å². The van der Waals surface area contributed by atoms with Crippen LogP contribution in [-0.4, -0.2) is 39.5 Å². The lowest BCUT2D eigenvalue weighted by molar-refractivity contribution is -0.138. The van der Waals surface area contributed by atoms with E-state index < -0.39 is 11.9 Å². The normalized spacial score (nSPS) is 11.5. The zero-order valence-electron chi connectivity index (χ0n) is 14.7. The smallest absolute Gasteiger partial charge is 0.311 e. The number of carboxylic acid groups (broad SMARTS) is 1. The number of carbonyl (C=O) groups is 1. The summed E-state index contributed by atoms with van der Waals surface area (Å²) in [5, 5.41) is 9.77. The Hall–Kier alpha value is -2.89. The van der Waals surface area contributed by atoms with E-state index in [0.29, 0.717) is 28.6 Å². The zero-order valence-corrected chi connectivity index (χ0v) is 14.7. The average molecular weight is 346 g/mol. The van der Waals surface area contributed by atoms with E-state index in [1.165, 1.54) is 7.11 Å². The van der Waals surface area contributed by atoms with Gasteiger partial charge in [0.2, 0.25) is 0 Å². The quantitative estimate of drug-likeness (QED) is 0.791. The summed E-state index contributed by atoms with van der Waals surface area (Å²) in [5.74, 6) is 0.564. The molecule has 2 aromatic carbocycles. The van der Waals surface area contributed by atoms with Crippen molar-refractivity contribution in [2.24, 2.45) is 0 Å². The molecule has 0 fully saturated rings. The van der Waals surface area contributed by atoms with Gasteiger partial charge in [-0.15, -0.1) is 0 Å². The maximum Gasteiger partial charge on any atom is 0.311 e. The fourth-order valence-electron chi connectivity index (χ4n) is 2.70. The maximum atomic E-state index is 11.9. The molecule has 25 heavy (non-hydrogen) atoms. The molecule has 0 bridgehead atoms. The van der Waals surface area contributed by atoms with E-state index in [4.69, 9.17) is 18.9 Å². The van der Waals surface area contributed by atoms with Crippen molar-refractivity contribution in [1.82, 2.24) is 0 Å². The van der Waals surface area contributed by atoms with Crippen LogP contribution in [0.15, 0.2) is 36.4 Å². The molecule has 0 aliphatic heterocycles. The number of aliphatic carboxylic acids is 1. The molecule has 6 heteroatoms. The molecular formula is C19H22O6.